The number of benzene rings is 1. The monoisotopic (exact) mass is 412 g/mol. The number of sulfonamides is 1. The van der Waals surface area contributed by atoms with Crippen molar-refractivity contribution in [2.24, 2.45) is 7.05 Å². The predicted molar refractivity (Wildman–Crippen MR) is 99.9 cm³/mol. The van der Waals surface area contributed by atoms with Crippen molar-refractivity contribution < 1.29 is 17.7 Å². The molecule has 146 valence electrons. The predicted octanol–water partition coefficient (Wildman–Crippen LogP) is 0.514. The Labute approximate surface area is 163 Å². The lowest BCUT2D eigenvalue weighted by Gasteiger charge is -2.31. The second kappa shape index (κ2) is 7.08. The van der Waals surface area contributed by atoms with E-state index in [0.717, 1.165) is 5.82 Å². The lowest BCUT2D eigenvalue weighted by atomic mass is 10.4. The van der Waals surface area contributed by atoms with Gasteiger partial charge < -0.3 is 9.47 Å². The summed E-state index contributed by atoms with van der Waals surface area (Å²) in [4.78, 5) is 1.38. The molecule has 2 aromatic rings. The van der Waals surface area contributed by atoms with Gasteiger partial charge in [0.15, 0.2) is 6.67 Å². The summed E-state index contributed by atoms with van der Waals surface area (Å²) in [5.41, 5.74) is 0. The van der Waals surface area contributed by atoms with Gasteiger partial charge in [-0.25, -0.2) is 12.8 Å². The van der Waals surface area contributed by atoms with E-state index < -0.39 is 15.8 Å². The zero-order valence-corrected chi connectivity index (χ0v) is 16.8. The summed E-state index contributed by atoms with van der Waals surface area (Å²) >= 11 is 5.50. The normalized spacial score (nSPS) is 19.5. The average Bonchev–Trinajstić information content (AvgIpc) is 3.46. The number of hydrogen-bond donors (Lipinski definition) is 1. The molecular weight excluding hydrogens is 389 g/mol. The maximum Gasteiger partial charge on any atom is 0.243 e. The highest BCUT2D eigenvalue weighted by Gasteiger charge is 2.32. The maximum absolute atomic E-state index is 13.1. The second-order valence-corrected chi connectivity index (χ2v) is 9.54. The molecule has 1 saturated heterocycles. The van der Waals surface area contributed by atoms with Crippen LogP contribution in [0.3, 0.4) is 0 Å². The number of hydrogen-bond acceptors (Lipinski definition) is 4. The number of piperazine rings is 1. The molecule has 0 radical (unpaired) electrons. The zero-order chi connectivity index (χ0) is 19.2. The van der Waals surface area contributed by atoms with Gasteiger partial charge in [0.1, 0.15) is 11.6 Å². The Hall–Kier alpha value is -1.62. The molecule has 0 spiro atoms. The smallest absolute Gasteiger partial charge is 0.243 e. The third kappa shape index (κ3) is 3.71. The first kappa shape index (κ1) is 18.7. The molecule has 1 saturated carbocycles. The van der Waals surface area contributed by atoms with Crippen molar-refractivity contribution in [2.75, 3.05) is 26.2 Å². The highest BCUT2D eigenvalue weighted by Crippen LogP contribution is 2.38. The Morgan fingerprint density at radius 3 is 2.44 bits per heavy atom. The lowest BCUT2D eigenvalue weighted by molar-refractivity contribution is -0.926. The van der Waals surface area contributed by atoms with Crippen molar-refractivity contribution in [3.63, 3.8) is 0 Å². The average molecular weight is 413 g/mol. The largest absolute Gasteiger partial charge is 0.314 e. The third-order valence-electron chi connectivity index (χ3n) is 5.27. The van der Waals surface area contributed by atoms with Crippen LogP contribution >= 0.6 is 12.2 Å². The van der Waals surface area contributed by atoms with Crippen LogP contribution in [0.25, 0.3) is 0 Å². The Morgan fingerprint density at radius 2 is 1.85 bits per heavy atom. The van der Waals surface area contributed by atoms with E-state index in [2.05, 4.69) is 5.10 Å². The molecule has 1 aromatic carbocycles. The van der Waals surface area contributed by atoms with Crippen molar-refractivity contribution in [3.05, 3.63) is 40.7 Å². The van der Waals surface area contributed by atoms with Crippen LogP contribution in [0.2, 0.25) is 0 Å². The Bertz CT molecular complexity index is 987. The van der Waals surface area contributed by atoms with Crippen LogP contribution in [-0.2, 0) is 23.7 Å². The minimum Gasteiger partial charge on any atom is -0.314 e. The van der Waals surface area contributed by atoms with Gasteiger partial charge in [0, 0.05) is 13.0 Å². The first-order valence-electron chi connectivity index (χ1n) is 9.09. The van der Waals surface area contributed by atoms with Crippen LogP contribution < -0.4 is 4.90 Å². The summed E-state index contributed by atoms with van der Waals surface area (Å²) in [6.07, 6.45) is 2.35. The van der Waals surface area contributed by atoms with Gasteiger partial charge in [-0.2, -0.15) is 14.1 Å². The van der Waals surface area contributed by atoms with Crippen LogP contribution in [0.15, 0.2) is 29.2 Å². The van der Waals surface area contributed by atoms with E-state index in [-0.39, 0.29) is 4.90 Å². The van der Waals surface area contributed by atoms with Gasteiger partial charge in [0.05, 0.1) is 31.1 Å². The third-order valence-corrected chi connectivity index (χ3v) is 7.67. The van der Waals surface area contributed by atoms with Crippen LogP contribution in [0, 0.1) is 10.6 Å². The molecule has 1 aromatic heterocycles. The highest BCUT2D eigenvalue weighted by atomic mass is 32.2. The molecule has 1 aliphatic carbocycles. The quantitative estimate of drug-likeness (QED) is 0.727. The number of nitrogens with one attached hydrogen (secondary N) is 1. The molecule has 27 heavy (non-hydrogen) atoms. The molecule has 4 rings (SSSR count). The van der Waals surface area contributed by atoms with Gasteiger partial charge in [-0.15, -0.1) is 0 Å². The molecule has 10 heteroatoms. The molecule has 1 aliphatic heterocycles. The summed E-state index contributed by atoms with van der Waals surface area (Å²) in [5.74, 6) is 1.14. The first-order valence-corrected chi connectivity index (χ1v) is 10.9. The standard InChI is InChI=1S/C17H22FN5O2S2/c1-20-16(13-2-3-13)19-23(17(20)26)12-21-8-10-22(11-9-21)27(24,25)15-6-4-14(18)5-7-15/h4-7,13H,2-3,8-12H2,1H3/p+1. The molecule has 0 bridgehead atoms. The van der Waals surface area contributed by atoms with Gasteiger partial charge in [0.25, 0.3) is 0 Å². The SMILES string of the molecule is Cn1c(C2CC2)nn(C[NH+]2CCN(S(=O)(=O)c3ccc(F)cc3)CC2)c1=S. The number of rotatable bonds is 5. The van der Waals surface area contributed by atoms with Gasteiger partial charge in [0.2, 0.25) is 14.8 Å². The summed E-state index contributed by atoms with van der Waals surface area (Å²) in [7, 11) is -1.62. The van der Waals surface area contributed by atoms with E-state index in [0.29, 0.717) is 43.5 Å². The van der Waals surface area contributed by atoms with Gasteiger partial charge in [-0.3, -0.25) is 0 Å². The number of aromatic nitrogens is 3. The summed E-state index contributed by atoms with van der Waals surface area (Å²) in [6, 6.07) is 4.98. The topological polar surface area (TPSA) is 64.6 Å². The Balaban J connectivity index is 1.41. The minimum absolute atomic E-state index is 0.133. The lowest BCUT2D eigenvalue weighted by Crippen LogP contribution is -3.14. The molecule has 1 N–H and O–H groups in total. The van der Waals surface area contributed by atoms with E-state index in [9.17, 15) is 12.8 Å². The van der Waals surface area contributed by atoms with E-state index >= 15 is 0 Å². The Morgan fingerprint density at radius 1 is 1.22 bits per heavy atom. The zero-order valence-electron chi connectivity index (χ0n) is 15.1. The number of quaternary nitrogens is 1. The molecule has 0 amide bonds. The first-order chi connectivity index (χ1) is 12.9. The fourth-order valence-corrected chi connectivity index (χ4v) is 5.11. The summed E-state index contributed by atoms with van der Waals surface area (Å²) in [5, 5.41) is 4.68. The van der Waals surface area contributed by atoms with Crippen molar-refractivity contribution in [2.45, 2.75) is 30.3 Å². The van der Waals surface area contributed by atoms with Crippen LogP contribution in [0.5, 0.6) is 0 Å². The van der Waals surface area contributed by atoms with Crippen LogP contribution in [-0.4, -0.2) is 53.2 Å². The molecule has 7 nitrogen and oxygen atoms in total. The van der Waals surface area contributed by atoms with Crippen LogP contribution in [0.1, 0.15) is 24.6 Å². The molecule has 2 heterocycles. The molecule has 2 aliphatic rings. The van der Waals surface area contributed by atoms with E-state index in [1.165, 1.54) is 46.3 Å². The van der Waals surface area contributed by atoms with Gasteiger partial charge >= 0.3 is 0 Å². The van der Waals surface area contributed by atoms with Gasteiger partial charge in [-0.1, -0.05) is 0 Å². The second-order valence-electron chi connectivity index (χ2n) is 7.24. The van der Waals surface area contributed by atoms with E-state index in [1.807, 2.05) is 16.3 Å². The fraction of sp³-hybridized carbons (Fsp3) is 0.529. The fourth-order valence-electron chi connectivity index (χ4n) is 3.47. The molecule has 0 atom stereocenters. The highest BCUT2D eigenvalue weighted by molar-refractivity contribution is 7.89. The summed E-state index contributed by atoms with van der Waals surface area (Å²) in [6.45, 7) is 2.84. The molecule has 0 unspecified atom stereocenters. The minimum atomic E-state index is -3.58. The molecule has 2 fully saturated rings. The van der Waals surface area contributed by atoms with Crippen molar-refractivity contribution in [3.8, 4) is 0 Å². The van der Waals surface area contributed by atoms with Gasteiger partial charge in [-0.05, 0) is 49.3 Å². The van der Waals surface area contributed by atoms with Crippen molar-refractivity contribution in [1.82, 2.24) is 18.7 Å². The van der Waals surface area contributed by atoms with Crippen molar-refractivity contribution >= 4 is 22.2 Å². The summed E-state index contributed by atoms with van der Waals surface area (Å²) < 4.78 is 44.5. The molecular formula is C17H23FN5O2S2+. The number of halogens is 1. The number of nitrogens with zero attached hydrogens (tertiary/aromatic N) is 4. The van der Waals surface area contributed by atoms with Crippen LogP contribution in [0.4, 0.5) is 4.39 Å². The maximum atomic E-state index is 13.1. The van der Waals surface area contributed by atoms with Crippen molar-refractivity contribution in [1.29, 1.82) is 0 Å². The Kier molecular flexibility index (Phi) is 4.91. The van der Waals surface area contributed by atoms with E-state index in [1.54, 1.807) is 0 Å². The van der Waals surface area contributed by atoms with E-state index in [4.69, 9.17) is 12.2 Å².